The van der Waals surface area contributed by atoms with Crippen molar-refractivity contribution < 1.29 is 0 Å². The van der Waals surface area contributed by atoms with Crippen LogP contribution in [0.2, 0.25) is 0 Å². The number of nitrogens with one attached hydrogen (secondary N) is 1. The highest BCUT2D eigenvalue weighted by molar-refractivity contribution is 5.57. The van der Waals surface area contributed by atoms with Gasteiger partial charge in [-0.15, -0.1) is 0 Å². The molecule has 0 atom stereocenters. The van der Waals surface area contributed by atoms with Crippen molar-refractivity contribution in [2.24, 2.45) is 5.73 Å². The first kappa shape index (κ1) is 13.0. The van der Waals surface area contributed by atoms with Gasteiger partial charge in [-0.05, 0) is 43.4 Å². The predicted octanol–water partition coefficient (Wildman–Crippen LogP) is 2.96. The Morgan fingerprint density at radius 3 is 2.19 bits per heavy atom. The van der Waals surface area contributed by atoms with Gasteiger partial charge < -0.3 is 11.1 Å². The number of anilines is 1. The van der Waals surface area contributed by atoms with Crippen molar-refractivity contribution in [3.05, 3.63) is 29.3 Å². The average Bonchev–Trinajstić information content (AvgIpc) is 2.34. The quantitative estimate of drug-likeness (QED) is 0.693. The summed E-state index contributed by atoms with van der Waals surface area (Å²) in [7, 11) is 0. The van der Waals surface area contributed by atoms with E-state index in [0.717, 1.165) is 38.8 Å². The molecule has 0 amide bonds. The van der Waals surface area contributed by atoms with Gasteiger partial charge in [0.1, 0.15) is 0 Å². The van der Waals surface area contributed by atoms with Crippen molar-refractivity contribution in [3.63, 3.8) is 0 Å². The zero-order valence-electron chi connectivity index (χ0n) is 10.6. The molecule has 0 aliphatic rings. The lowest BCUT2D eigenvalue weighted by Gasteiger charge is -2.15. The Kier molecular flexibility index (Phi) is 5.94. The number of benzene rings is 1. The van der Waals surface area contributed by atoms with E-state index in [2.05, 4.69) is 37.4 Å². The van der Waals surface area contributed by atoms with Crippen molar-refractivity contribution in [1.29, 1.82) is 0 Å². The summed E-state index contributed by atoms with van der Waals surface area (Å²) in [4.78, 5) is 0. The SMILES string of the molecule is CCc1cccc(CC)c1NCCCCN. The molecular formula is C14H24N2. The molecule has 0 saturated heterocycles. The van der Waals surface area contributed by atoms with Gasteiger partial charge in [0.25, 0.3) is 0 Å². The molecular weight excluding hydrogens is 196 g/mol. The summed E-state index contributed by atoms with van der Waals surface area (Å²) in [6.07, 6.45) is 4.43. The van der Waals surface area contributed by atoms with Gasteiger partial charge in [-0.3, -0.25) is 0 Å². The number of aryl methyl sites for hydroxylation is 2. The first-order valence-corrected chi connectivity index (χ1v) is 6.38. The first-order chi connectivity index (χ1) is 7.83. The minimum Gasteiger partial charge on any atom is -0.385 e. The molecule has 16 heavy (non-hydrogen) atoms. The molecule has 0 radical (unpaired) electrons. The number of para-hydroxylation sites is 1. The van der Waals surface area contributed by atoms with E-state index >= 15 is 0 Å². The van der Waals surface area contributed by atoms with Crippen LogP contribution in [0.25, 0.3) is 0 Å². The normalized spacial score (nSPS) is 10.4. The third-order valence-electron chi connectivity index (χ3n) is 2.93. The van der Waals surface area contributed by atoms with E-state index < -0.39 is 0 Å². The summed E-state index contributed by atoms with van der Waals surface area (Å²) in [6, 6.07) is 6.58. The lowest BCUT2D eigenvalue weighted by atomic mass is 10.0. The molecule has 0 aromatic heterocycles. The number of nitrogens with two attached hydrogens (primary N) is 1. The van der Waals surface area contributed by atoms with Crippen molar-refractivity contribution in [3.8, 4) is 0 Å². The van der Waals surface area contributed by atoms with Gasteiger partial charge in [-0.2, -0.15) is 0 Å². The molecule has 1 rings (SSSR count). The molecule has 1 aromatic carbocycles. The van der Waals surface area contributed by atoms with Crippen LogP contribution in [0.3, 0.4) is 0 Å². The number of hydrogen-bond donors (Lipinski definition) is 2. The van der Waals surface area contributed by atoms with Gasteiger partial charge in [-0.1, -0.05) is 32.0 Å². The molecule has 1 aromatic rings. The molecule has 0 fully saturated rings. The topological polar surface area (TPSA) is 38.0 Å². The zero-order valence-corrected chi connectivity index (χ0v) is 10.6. The van der Waals surface area contributed by atoms with Crippen molar-refractivity contribution in [2.45, 2.75) is 39.5 Å². The fourth-order valence-corrected chi connectivity index (χ4v) is 1.95. The van der Waals surface area contributed by atoms with Crippen molar-refractivity contribution >= 4 is 5.69 Å². The molecule has 90 valence electrons. The van der Waals surface area contributed by atoms with Gasteiger partial charge in [0.2, 0.25) is 0 Å². The fraction of sp³-hybridized carbons (Fsp3) is 0.571. The molecule has 0 aliphatic heterocycles. The summed E-state index contributed by atoms with van der Waals surface area (Å²) in [5.74, 6) is 0. The average molecular weight is 220 g/mol. The van der Waals surface area contributed by atoms with E-state index in [9.17, 15) is 0 Å². The molecule has 0 aliphatic carbocycles. The monoisotopic (exact) mass is 220 g/mol. The van der Waals surface area contributed by atoms with E-state index in [1.54, 1.807) is 0 Å². The minimum absolute atomic E-state index is 0.789. The van der Waals surface area contributed by atoms with Crippen LogP contribution >= 0.6 is 0 Å². The second-order valence-electron chi connectivity index (χ2n) is 4.08. The lowest BCUT2D eigenvalue weighted by molar-refractivity contribution is 0.772. The van der Waals surface area contributed by atoms with Crippen LogP contribution in [0.4, 0.5) is 5.69 Å². The van der Waals surface area contributed by atoms with Crippen LogP contribution in [0.5, 0.6) is 0 Å². The zero-order chi connectivity index (χ0) is 11.8. The van der Waals surface area contributed by atoms with Gasteiger partial charge in [0, 0.05) is 12.2 Å². The van der Waals surface area contributed by atoms with E-state index in [0.29, 0.717) is 0 Å². The van der Waals surface area contributed by atoms with E-state index in [4.69, 9.17) is 5.73 Å². The Morgan fingerprint density at radius 1 is 1.06 bits per heavy atom. The smallest absolute Gasteiger partial charge is 0.0405 e. The van der Waals surface area contributed by atoms with E-state index in [1.807, 2.05) is 0 Å². The number of hydrogen-bond acceptors (Lipinski definition) is 2. The Balaban J connectivity index is 2.67. The van der Waals surface area contributed by atoms with Crippen LogP contribution in [0.1, 0.15) is 37.8 Å². The third kappa shape index (κ3) is 3.53. The Hall–Kier alpha value is -1.02. The molecule has 0 spiro atoms. The summed E-state index contributed by atoms with van der Waals surface area (Å²) in [5, 5.41) is 3.56. The van der Waals surface area contributed by atoms with Gasteiger partial charge in [-0.25, -0.2) is 0 Å². The van der Waals surface area contributed by atoms with Crippen molar-refractivity contribution in [2.75, 3.05) is 18.4 Å². The molecule has 3 N–H and O–H groups in total. The molecule has 0 heterocycles. The molecule has 2 nitrogen and oxygen atoms in total. The first-order valence-electron chi connectivity index (χ1n) is 6.38. The summed E-state index contributed by atoms with van der Waals surface area (Å²) in [5.41, 5.74) is 9.69. The van der Waals surface area contributed by atoms with Crippen LogP contribution in [0, 0.1) is 0 Å². The van der Waals surface area contributed by atoms with Crippen LogP contribution in [-0.2, 0) is 12.8 Å². The van der Waals surface area contributed by atoms with Crippen LogP contribution in [0.15, 0.2) is 18.2 Å². The molecule has 0 bridgehead atoms. The predicted molar refractivity (Wildman–Crippen MR) is 72.0 cm³/mol. The number of unbranched alkanes of at least 4 members (excludes halogenated alkanes) is 1. The number of rotatable bonds is 7. The maximum absolute atomic E-state index is 5.49. The Morgan fingerprint density at radius 2 is 1.69 bits per heavy atom. The summed E-state index contributed by atoms with van der Waals surface area (Å²) >= 11 is 0. The minimum atomic E-state index is 0.789. The van der Waals surface area contributed by atoms with Gasteiger partial charge in [0.05, 0.1) is 0 Å². The van der Waals surface area contributed by atoms with E-state index in [-0.39, 0.29) is 0 Å². The molecule has 0 saturated carbocycles. The van der Waals surface area contributed by atoms with Gasteiger partial charge >= 0.3 is 0 Å². The second kappa shape index (κ2) is 7.29. The Labute approximate surface area is 99.2 Å². The molecule has 2 heteroatoms. The highest BCUT2D eigenvalue weighted by Gasteiger charge is 2.04. The third-order valence-corrected chi connectivity index (χ3v) is 2.93. The lowest BCUT2D eigenvalue weighted by Crippen LogP contribution is -2.08. The van der Waals surface area contributed by atoms with Gasteiger partial charge in [0.15, 0.2) is 0 Å². The molecule has 0 unspecified atom stereocenters. The largest absolute Gasteiger partial charge is 0.385 e. The maximum atomic E-state index is 5.49. The van der Waals surface area contributed by atoms with E-state index in [1.165, 1.54) is 16.8 Å². The maximum Gasteiger partial charge on any atom is 0.0405 e. The summed E-state index contributed by atoms with van der Waals surface area (Å²) in [6.45, 7) is 6.23. The second-order valence-corrected chi connectivity index (χ2v) is 4.08. The van der Waals surface area contributed by atoms with Crippen molar-refractivity contribution in [1.82, 2.24) is 0 Å². The highest BCUT2D eigenvalue weighted by atomic mass is 14.9. The summed E-state index contributed by atoms with van der Waals surface area (Å²) < 4.78 is 0. The fourth-order valence-electron chi connectivity index (χ4n) is 1.95. The highest BCUT2D eigenvalue weighted by Crippen LogP contribution is 2.22. The Bertz CT molecular complexity index is 285. The van der Waals surface area contributed by atoms with Crippen LogP contribution in [-0.4, -0.2) is 13.1 Å². The van der Waals surface area contributed by atoms with Crippen LogP contribution < -0.4 is 11.1 Å². The standard InChI is InChI=1S/C14H24N2/c1-3-12-8-7-9-13(4-2)14(12)16-11-6-5-10-15/h7-9,16H,3-6,10-11,15H2,1-2H3.